The van der Waals surface area contributed by atoms with Gasteiger partial charge in [0.1, 0.15) is 6.10 Å². The van der Waals surface area contributed by atoms with Gasteiger partial charge >= 0.3 is 5.97 Å². The predicted molar refractivity (Wildman–Crippen MR) is 69.3 cm³/mol. The fourth-order valence-electron chi connectivity index (χ4n) is 1.99. The van der Waals surface area contributed by atoms with Crippen LogP contribution in [0, 0.1) is 0 Å². The SMILES string of the molecule is O=C(CF)OC(CCF)c1ccc2ccccc2c1. The summed E-state index contributed by atoms with van der Waals surface area (Å²) in [5.41, 5.74) is 0.679. The summed E-state index contributed by atoms with van der Waals surface area (Å²) in [6.07, 6.45) is -0.706. The summed E-state index contributed by atoms with van der Waals surface area (Å²) in [5.74, 6) is -0.966. The molecule has 0 N–H and O–H groups in total. The number of hydrogen-bond donors (Lipinski definition) is 0. The standard InChI is InChI=1S/C15H14F2O2/c16-8-7-14(19-15(18)10-17)13-6-5-11-3-1-2-4-12(11)9-13/h1-6,9,14H,7-8,10H2. The maximum atomic E-state index is 12.5. The highest BCUT2D eigenvalue weighted by molar-refractivity contribution is 5.83. The van der Waals surface area contributed by atoms with Crippen molar-refractivity contribution in [1.29, 1.82) is 0 Å². The quantitative estimate of drug-likeness (QED) is 0.769. The van der Waals surface area contributed by atoms with Crippen LogP contribution in [0.15, 0.2) is 42.5 Å². The number of ether oxygens (including phenoxy) is 1. The van der Waals surface area contributed by atoms with Gasteiger partial charge < -0.3 is 4.74 Å². The molecule has 19 heavy (non-hydrogen) atoms. The molecule has 2 aromatic rings. The van der Waals surface area contributed by atoms with E-state index in [0.717, 1.165) is 10.8 Å². The molecule has 0 bridgehead atoms. The largest absolute Gasteiger partial charge is 0.455 e. The van der Waals surface area contributed by atoms with Gasteiger partial charge in [0.2, 0.25) is 0 Å². The molecule has 100 valence electrons. The van der Waals surface area contributed by atoms with Crippen LogP contribution in [-0.2, 0) is 9.53 Å². The lowest BCUT2D eigenvalue weighted by Crippen LogP contribution is -2.13. The van der Waals surface area contributed by atoms with Crippen LogP contribution in [0.2, 0.25) is 0 Å². The molecule has 2 rings (SSSR count). The van der Waals surface area contributed by atoms with E-state index < -0.39 is 25.4 Å². The maximum absolute atomic E-state index is 12.5. The zero-order valence-electron chi connectivity index (χ0n) is 10.3. The first-order chi connectivity index (χ1) is 9.24. The Hall–Kier alpha value is -1.97. The number of esters is 1. The lowest BCUT2D eigenvalue weighted by atomic mass is 10.0. The Labute approximate surface area is 110 Å². The van der Waals surface area contributed by atoms with Crippen molar-refractivity contribution in [2.24, 2.45) is 0 Å². The fraction of sp³-hybridized carbons (Fsp3) is 0.267. The number of alkyl halides is 2. The van der Waals surface area contributed by atoms with Gasteiger partial charge in [-0.1, -0.05) is 36.4 Å². The molecule has 0 saturated heterocycles. The van der Waals surface area contributed by atoms with Gasteiger partial charge in [-0.05, 0) is 22.4 Å². The maximum Gasteiger partial charge on any atom is 0.338 e. The van der Waals surface area contributed by atoms with Crippen molar-refractivity contribution in [2.75, 3.05) is 13.3 Å². The Morgan fingerprint density at radius 2 is 1.84 bits per heavy atom. The minimum Gasteiger partial charge on any atom is -0.455 e. The first kappa shape index (κ1) is 13.5. The van der Waals surface area contributed by atoms with Crippen LogP contribution in [0.3, 0.4) is 0 Å². The van der Waals surface area contributed by atoms with Crippen LogP contribution in [0.1, 0.15) is 18.1 Å². The third kappa shape index (κ3) is 3.28. The molecule has 0 aliphatic rings. The number of hydrogen-bond acceptors (Lipinski definition) is 2. The van der Waals surface area contributed by atoms with Crippen LogP contribution in [-0.4, -0.2) is 19.3 Å². The van der Waals surface area contributed by atoms with E-state index in [2.05, 4.69) is 0 Å². The first-order valence-electron chi connectivity index (χ1n) is 6.04. The van der Waals surface area contributed by atoms with E-state index in [0.29, 0.717) is 5.56 Å². The summed E-state index contributed by atoms with van der Waals surface area (Å²) in [5, 5.41) is 2.02. The number of benzene rings is 2. The van der Waals surface area contributed by atoms with Gasteiger partial charge in [-0.3, -0.25) is 4.39 Å². The second-order valence-corrected chi connectivity index (χ2v) is 4.20. The molecular formula is C15H14F2O2. The second-order valence-electron chi connectivity index (χ2n) is 4.20. The minimum absolute atomic E-state index is 0.0318. The van der Waals surface area contributed by atoms with Crippen molar-refractivity contribution in [2.45, 2.75) is 12.5 Å². The Bertz CT molecular complexity index is 569. The minimum atomic E-state index is -1.20. The Morgan fingerprint density at radius 3 is 2.53 bits per heavy atom. The van der Waals surface area contributed by atoms with Gasteiger partial charge in [0.15, 0.2) is 6.67 Å². The van der Waals surface area contributed by atoms with Crippen molar-refractivity contribution in [3.63, 3.8) is 0 Å². The van der Waals surface area contributed by atoms with Gasteiger partial charge in [-0.2, -0.15) is 0 Å². The van der Waals surface area contributed by atoms with Gasteiger partial charge in [-0.25, -0.2) is 9.18 Å². The smallest absolute Gasteiger partial charge is 0.338 e. The van der Waals surface area contributed by atoms with Gasteiger partial charge in [0.25, 0.3) is 0 Å². The second kappa shape index (κ2) is 6.27. The zero-order valence-corrected chi connectivity index (χ0v) is 10.3. The van der Waals surface area contributed by atoms with Gasteiger partial charge in [-0.15, -0.1) is 0 Å². The van der Waals surface area contributed by atoms with E-state index in [1.54, 1.807) is 6.07 Å². The summed E-state index contributed by atoms with van der Waals surface area (Å²) in [6, 6.07) is 13.2. The highest BCUT2D eigenvalue weighted by atomic mass is 19.1. The molecule has 0 fully saturated rings. The van der Waals surface area contributed by atoms with E-state index in [9.17, 15) is 13.6 Å². The topological polar surface area (TPSA) is 26.3 Å². The molecule has 2 nitrogen and oxygen atoms in total. The number of rotatable bonds is 5. The molecule has 0 heterocycles. The van der Waals surface area contributed by atoms with Crippen LogP contribution < -0.4 is 0 Å². The van der Waals surface area contributed by atoms with E-state index in [-0.39, 0.29) is 6.42 Å². The van der Waals surface area contributed by atoms with E-state index >= 15 is 0 Å². The number of carbonyl (C=O) groups is 1. The summed E-state index contributed by atoms with van der Waals surface area (Å²) in [4.78, 5) is 11.0. The van der Waals surface area contributed by atoms with Crippen LogP contribution in [0.5, 0.6) is 0 Å². The van der Waals surface area contributed by atoms with Crippen molar-refractivity contribution in [3.8, 4) is 0 Å². The number of carbonyl (C=O) groups excluding carboxylic acids is 1. The molecular weight excluding hydrogens is 250 g/mol. The summed E-state index contributed by atoms with van der Waals surface area (Å²) in [7, 11) is 0. The number of halogens is 2. The molecule has 4 heteroatoms. The molecule has 0 radical (unpaired) electrons. The molecule has 0 aliphatic carbocycles. The molecule has 1 atom stereocenters. The zero-order chi connectivity index (χ0) is 13.7. The first-order valence-corrected chi connectivity index (χ1v) is 6.04. The molecule has 0 aromatic heterocycles. The average molecular weight is 264 g/mol. The molecule has 0 spiro atoms. The molecule has 0 amide bonds. The lowest BCUT2D eigenvalue weighted by Gasteiger charge is -2.16. The third-order valence-corrected chi connectivity index (χ3v) is 2.90. The molecule has 1 unspecified atom stereocenters. The Morgan fingerprint density at radius 1 is 1.11 bits per heavy atom. The normalized spacial score (nSPS) is 12.3. The van der Waals surface area contributed by atoms with Crippen molar-refractivity contribution >= 4 is 16.7 Å². The summed E-state index contributed by atoms with van der Waals surface area (Å²) >= 11 is 0. The summed E-state index contributed by atoms with van der Waals surface area (Å²) < 4.78 is 29.6. The van der Waals surface area contributed by atoms with E-state index in [4.69, 9.17) is 4.74 Å². The average Bonchev–Trinajstić information content (AvgIpc) is 2.46. The van der Waals surface area contributed by atoms with Crippen molar-refractivity contribution < 1.29 is 18.3 Å². The molecule has 0 saturated carbocycles. The predicted octanol–water partition coefficient (Wildman–Crippen LogP) is 3.75. The van der Waals surface area contributed by atoms with E-state index in [1.165, 1.54) is 0 Å². The van der Waals surface area contributed by atoms with Crippen molar-refractivity contribution in [3.05, 3.63) is 48.0 Å². The van der Waals surface area contributed by atoms with Crippen LogP contribution >= 0.6 is 0 Å². The highest BCUT2D eigenvalue weighted by Gasteiger charge is 2.16. The highest BCUT2D eigenvalue weighted by Crippen LogP contribution is 2.25. The van der Waals surface area contributed by atoms with Crippen LogP contribution in [0.25, 0.3) is 10.8 Å². The van der Waals surface area contributed by atoms with Crippen LogP contribution in [0.4, 0.5) is 8.78 Å². The Balaban J connectivity index is 2.30. The molecule has 2 aromatic carbocycles. The Kier molecular flexibility index (Phi) is 4.44. The third-order valence-electron chi connectivity index (χ3n) is 2.90. The summed E-state index contributed by atoms with van der Waals surface area (Å²) in [6.45, 7) is -1.83. The van der Waals surface area contributed by atoms with Crippen molar-refractivity contribution in [1.82, 2.24) is 0 Å². The number of fused-ring (bicyclic) bond motifs is 1. The van der Waals surface area contributed by atoms with Gasteiger partial charge in [0, 0.05) is 6.42 Å². The lowest BCUT2D eigenvalue weighted by molar-refractivity contribution is -0.151. The molecule has 0 aliphatic heterocycles. The van der Waals surface area contributed by atoms with E-state index in [1.807, 2.05) is 36.4 Å². The monoisotopic (exact) mass is 264 g/mol. The van der Waals surface area contributed by atoms with Gasteiger partial charge in [0.05, 0.1) is 6.67 Å². The fourth-order valence-corrected chi connectivity index (χ4v) is 1.99.